The molecule has 1 heterocycles. The SMILES string of the molecule is CCN(C)C(=O)Cn1cnnc1C(C)(C)C. The highest BCUT2D eigenvalue weighted by molar-refractivity contribution is 5.75. The molecule has 1 rings (SSSR count). The number of aromatic nitrogens is 3. The van der Waals surface area contributed by atoms with Crippen molar-refractivity contribution in [2.75, 3.05) is 13.6 Å². The van der Waals surface area contributed by atoms with Crippen molar-refractivity contribution in [1.29, 1.82) is 0 Å². The van der Waals surface area contributed by atoms with E-state index in [0.29, 0.717) is 13.1 Å². The maximum absolute atomic E-state index is 11.8. The van der Waals surface area contributed by atoms with E-state index in [9.17, 15) is 4.79 Å². The van der Waals surface area contributed by atoms with E-state index in [0.717, 1.165) is 5.82 Å². The van der Waals surface area contributed by atoms with Crippen molar-refractivity contribution in [3.63, 3.8) is 0 Å². The van der Waals surface area contributed by atoms with Crippen LogP contribution in [0.2, 0.25) is 0 Å². The zero-order chi connectivity index (χ0) is 12.3. The van der Waals surface area contributed by atoms with Gasteiger partial charge in [0.15, 0.2) is 0 Å². The normalized spacial score (nSPS) is 11.6. The second-order valence-electron chi connectivity index (χ2n) is 4.94. The van der Waals surface area contributed by atoms with E-state index < -0.39 is 0 Å². The number of carbonyl (C=O) groups excluding carboxylic acids is 1. The van der Waals surface area contributed by atoms with E-state index in [-0.39, 0.29) is 11.3 Å². The van der Waals surface area contributed by atoms with Gasteiger partial charge in [0.1, 0.15) is 18.7 Å². The molecule has 0 unspecified atom stereocenters. The third-order valence-electron chi connectivity index (χ3n) is 2.49. The minimum absolute atomic E-state index is 0.0767. The Morgan fingerprint density at radius 3 is 2.62 bits per heavy atom. The Kier molecular flexibility index (Phi) is 3.67. The molecule has 1 aromatic heterocycles. The molecule has 0 saturated heterocycles. The lowest BCUT2D eigenvalue weighted by molar-refractivity contribution is -0.130. The number of carbonyl (C=O) groups is 1. The highest BCUT2D eigenvalue weighted by atomic mass is 16.2. The van der Waals surface area contributed by atoms with Crippen molar-refractivity contribution in [2.45, 2.75) is 39.7 Å². The van der Waals surface area contributed by atoms with Gasteiger partial charge in [-0.3, -0.25) is 4.79 Å². The standard InChI is InChI=1S/C11H20N4O/c1-6-14(5)9(16)7-15-8-12-13-10(15)11(2,3)4/h8H,6-7H2,1-5H3. The van der Waals surface area contributed by atoms with Crippen LogP contribution in [0.1, 0.15) is 33.5 Å². The quantitative estimate of drug-likeness (QED) is 0.771. The summed E-state index contributed by atoms with van der Waals surface area (Å²) in [6, 6.07) is 0. The van der Waals surface area contributed by atoms with E-state index in [1.165, 1.54) is 0 Å². The second kappa shape index (κ2) is 4.63. The van der Waals surface area contributed by atoms with Crippen LogP contribution < -0.4 is 0 Å². The van der Waals surface area contributed by atoms with Crippen LogP contribution in [0.4, 0.5) is 0 Å². The highest BCUT2D eigenvalue weighted by Gasteiger charge is 2.22. The van der Waals surface area contributed by atoms with E-state index in [4.69, 9.17) is 0 Å². The molecule has 0 atom stereocenters. The summed E-state index contributed by atoms with van der Waals surface area (Å²) in [6.45, 7) is 9.15. The molecular formula is C11H20N4O. The Morgan fingerprint density at radius 1 is 1.50 bits per heavy atom. The minimum atomic E-state index is -0.0957. The summed E-state index contributed by atoms with van der Waals surface area (Å²) < 4.78 is 1.81. The average Bonchev–Trinajstić information content (AvgIpc) is 2.63. The van der Waals surface area contributed by atoms with E-state index in [1.807, 2.05) is 11.5 Å². The summed E-state index contributed by atoms with van der Waals surface area (Å²) in [7, 11) is 1.80. The number of likely N-dealkylation sites (N-methyl/N-ethyl adjacent to an activating group) is 1. The first-order chi connectivity index (χ1) is 7.36. The molecule has 0 fully saturated rings. The number of amides is 1. The fourth-order valence-electron chi connectivity index (χ4n) is 1.39. The summed E-state index contributed by atoms with van der Waals surface area (Å²) in [5, 5.41) is 7.94. The smallest absolute Gasteiger partial charge is 0.242 e. The number of nitrogens with zero attached hydrogens (tertiary/aromatic N) is 4. The maximum Gasteiger partial charge on any atom is 0.242 e. The molecule has 0 aromatic carbocycles. The molecule has 5 nitrogen and oxygen atoms in total. The van der Waals surface area contributed by atoms with Crippen molar-refractivity contribution in [3.05, 3.63) is 12.2 Å². The molecule has 0 aliphatic rings. The van der Waals surface area contributed by atoms with E-state index in [1.54, 1.807) is 18.3 Å². The van der Waals surface area contributed by atoms with Gasteiger partial charge in [0.05, 0.1) is 0 Å². The van der Waals surface area contributed by atoms with Crippen LogP contribution in [-0.2, 0) is 16.8 Å². The zero-order valence-corrected chi connectivity index (χ0v) is 10.7. The topological polar surface area (TPSA) is 51.0 Å². The summed E-state index contributed by atoms with van der Waals surface area (Å²) in [5.74, 6) is 0.915. The summed E-state index contributed by atoms with van der Waals surface area (Å²) in [4.78, 5) is 13.5. The van der Waals surface area contributed by atoms with Crippen molar-refractivity contribution in [2.24, 2.45) is 0 Å². The molecule has 90 valence electrons. The van der Waals surface area contributed by atoms with Crippen LogP contribution >= 0.6 is 0 Å². The van der Waals surface area contributed by atoms with Gasteiger partial charge in [-0.15, -0.1) is 10.2 Å². The highest BCUT2D eigenvalue weighted by Crippen LogP contribution is 2.19. The van der Waals surface area contributed by atoms with Gasteiger partial charge in [-0.2, -0.15) is 0 Å². The molecule has 5 heteroatoms. The Balaban J connectivity index is 2.83. The maximum atomic E-state index is 11.8. The van der Waals surface area contributed by atoms with Gasteiger partial charge in [0.25, 0.3) is 0 Å². The number of rotatable bonds is 3. The van der Waals surface area contributed by atoms with Gasteiger partial charge in [0, 0.05) is 19.0 Å². The minimum Gasteiger partial charge on any atom is -0.344 e. The Labute approximate surface area is 96.5 Å². The van der Waals surface area contributed by atoms with Gasteiger partial charge < -0.3 is 9.47 Å². The number of hydrogen-bond acceptors (Lipinski definition) is 3. The monoisotopic (exact) mass is 224 g/mol. The largest absolute Gasteiger partial charge is 0.344 e. The second-order valence-corrected chi connectivity index (χ2v) is 4.94. The zero-order valence-electron chi connectivity index (χ0n) is 10.7. The molecular weight excluding hydrogens is 204 g/mol. The Bertz CT molecular complexity index is 364. The van der Waals surface area contributed by atoms with Gasteiger partial charge >= 0.3 is 0 Å². The molecule has 0 radical (unpaired) electrons. The molecule has 0 aliphatic carbocycles. The Morgan fingerprint density at radius 2 is 2.12 bits per heavy atom. The fourth-order valence-corrected chi connectivity index (χ4v) is 1.39. The van der Waals surface area contributed by atoms with E-state index in [2.05, 4.69) is 31.0 Å². The first-order valence-corrected chi connectivity index (χ1v) is 5.48. The third kappa shape index (κ3) is 2.81. The van der Waals surface area contributed by atoms with Gasteiger partial charge in [-0.05, 0) is 6.92 Å². The molecule has 1 amide bonds. The summed E-state index contributed by atoms with van der Waals surface area (Å²) >= 11 is 0. The first kappa shape index (κ1) is 12.7. The molecule has 0 aliphatic heterocycles. The molecule has 1 aromatic rings. The third-order valence-corrected chi connectivity index (χ3v) is 2.49. The fraction of sp³-hybridized carbons (Fsp3) is 0.727. The van der Waals surface area contributed by atoms with Crippen molar-refractivity contribution in [3.8, 4) is 0 Å². The number of hydrogen-bond donors (Lipinski definition) is 0. The van der Waals surface area contributed by atoms with Crippen LogP contribution in [-0.4, -0.2) is 39.2 Å². The Hall–Kier alpha value is -1.39. The van der Waals surface area contributed by atoms with Crippen LogP contribution in [0.3, 0.4) is 0 Å². The van der Waals surface area contributed by atoms with Crippen LogP contribution in [0.15, 0.2) is 6.33 Å². The van der Waals surface area contributed by atoms with Gasteiger partial charge in [-0.1, -0.05) is 20.8 Å². The molecule has 0 spiro atoms. The van der Waals surface area contributed by atoms with Crippen molar-refractivity contribution < 1.29 is 4.79 Å². The summed E-state index contributed by atoms with van der Waals surface area (Å²) in [5.41, 5.74) is -0.0957. The lowest BCUT2D eigenvalue weighted by atomic mass is 9.96. The van der Waals surface area contributed by atoms with Gasteiger partial charge in [-0.25, -0.2) is 0 Å². The van der Waals surface area contributed by atoms with Crippen molar-refractivity contribution >= 4 is 5.91 Å². The predicted octanol–water partition coefficient (Wildman–Crippen LogP) is 1.05. The van der Waals surface area contributed by atoms with Gasteiger partial charge in [0.2, 0.25) is 5.91 Å². The van der Waals surface area contributed by atoms with Crippen LogP contribution in [0.5, 0.6) is 0 Å². The first-order valence-electron chi connectivity index (χ1n) is 5.48. The summed E-state index contributed by atoms with van der Waals surface area (Å²) in [6.07, 6.45) is 1.61. The van der Waals surface area contributed by atoms with Crippen LogP contribution in [0.25, 0.3) is 0 Å². The molecule has 16 heavy (non-hydrogen) atoms. The molecule has 0 bridgehead atoms. The lowest BCUT2D eigenvalue weighted by Crippen LogP contribution is -2.31. The lowest BCUT2D eigenvalue weighted by Gasteiger charge is -2.20. The van der Waals surface area contributed by atoms with E-state index >= 15 is 0 Å². The molecule has 0 N–H and O–H groups in total. The van der Waals surface area contributed by atoms with Crippen molar-refractivity contribution in [1.82, 2.24) is 19.7 Å². The predicted molar refractivity (Wildman–Crippen MR) is 62.0 cm³/mol. The molecule has 0 saturated carbocycles. The average molecular weight is 224 g/mol. The van der Waals surface area contributed by atoms with Crippen LogP contribution in [0, 0.1) is 0 Å².